The van der Waals surface area contributed by atoms with Crippen molar-refractivity contribution in [1.82, 2.24) is 9.97 Å². The van der Waals surface area contributed by atoms with E-state index in [9.17, 15) is 10.2 Å². The van der Waals surface area contributed by atoms with Crippen molar-refractivity contribution in [3.05, 3.63) is 48.5 Å². The lowest BCUT2D eigenvalue weighted by molar-refractivity contribution is 0.475. The molecule has 20 heavy (non-hydrogen) atoms. The smallest absolute Gasteiger partial charge is 0.150 e. The first-order valence-corrected chi connectivity index (χ1v) is 6.35. The SMILES string of the molecule is Oc1c(-c2[nH]c3ccccc3c2O)[nH]c2ccccc12. The largest absolute Gasteiger partial charge is 0.505 e. The number of aromatic amines is 2. The van der Waals surface area contributed by atoms with Crippen LogP contribution >= 0.6 is 0 Å². The van der Waals surface area contributed by atoms with Crippen LogP contribution in [0.4, 0.5) is 0 Å². The van der Waals surface area contributed by atoms with Crippen LogP contribution in [-0.4, -0.2) is 20.2 Å². The lowest BCUT2D eigenvalue weighted by atomic mass is 10.2. The highest BCUT2D eigenvalue weighted by Crippen LogP contribution is 2.42. The van der Waals surface area contributed by atoms with Crippen LogP contribution in [0.1, 0.15) is 0 Å². The van der Waals surface area contributed by atoms with E-state index >= 15 is 0 Å². The summed E-state index contributed by atoms with van der Waals surface area (Å²) in [5.74, 6) is 0.282. The number of nitrogens with one attached hydrogen (secondary N) is 2. The van der Waals surface area contributed by atoms with Gasteiger partial charge in [-0.2, -0.15) is 0 Å². The molecular formula is C16H12N2O2. The summed E-state index contributed by atoms with van der Waals surface area (Å²) in [4.78, 5) is 6.28. The van der Waals surface area contributed by atoms with E-state index in [1.807, 2.05) is 48.5 Å². The van der Waals surface area contributed by atoms with Crippen molar-refractivity contribution in [2.45, 2.75) is 0 Å². The van der Waals surface area contributed by atoms with Crippen molar-refractivity contribution >= 4 is 21.8 Å². The zero-order valence-electron chi connectivity index (χ0n) is 10.5. The van der Waals surface area contributed by atoms with Crippen molar-refractivity contribution in [3.8, 4) is 22.9 Å². The summed E-state index contributed by atoms with van der Waals surface area (Å²) in [5, 5.41) is 22.1. The van der Waals surface area contributed by atoms with Crippen LogP contribution in [0.3, 0.4) is 0 Å². The summed E-state index contributed by atoms with van der Waals surface area (Å²) >= 11 is 0. The summed E-state index contributed by atoms with van der Waals surface area (Å²) < 4.78 is 0. The molecule has 4 N–H and O–H groups in total. The first kappa shape index (κ1) is 11.0. The van der Waals surface area contributed by atoms with Gasteiger partial charge in [-0.15, -0.1) is 0 Å². The van der Waals surface area contributed by atoms with Crippen LogP contribution in [0.2, 0.25) is 0 Å². The van der Waals surface area contributed by atoms with Crippen molar-refractivity contribution < 1.29 is 10.2 Å². The molecule has 0 bridgehead atoms. The zero-order chi connectivity index (χ0) is 13.7. The van der Waals surface area contributed by atoms with Gasteiger partial charge in [0.05, 0.1) is 0 Å². The summed E-state index contributed by atoms with van der Waals surface area (Å²) in [6.45, 7) is 0. The number of aromatic nitrogens is 2. The highest BCUT2D eigenvalue weighted by molar-refractivity contribution is 5.99. The lowest BCUT2D eigenvalue weighted by Crippen LogP contribution is -1.78. The minimum absolute atomic E-state index is 0.141. The Bertz CT molecular complexity index is 856. The summed E-state index contributed by atoms with van der Waals surface area (Å²) in [7, 11) is 0. The van der Waals surface area contributed by atoms with Gasteiger partial charge in [-0.3, -0.25) is 0 Å². The predicted octanol–water partition coefficient (Wildman–Crippen LogP) is 3.73. The molecule has 4 aromatic rings. The van der Waals surface area contributed by atoms with E-state index in [2.05, 4.69) is 9.97 Å². The van der Waals surface area contributed by atoms with Gasteiger partial charge < -0.3 is 20.2 Å². The fourth-order valence-corrected chi connectivity index (χ4v) is 2.62. The van der Waals surface area contributed by atoms with Crippen molar-refractivity contribution in [3.63, 3.8) is 0 Å². The highest BCUT2D eigenvalue weighted by Gasteiger charge is 2.18. The molecule has 0 aliphatic rings. The first-order chi connectivity index (χ1) is 9.75. The molecule has 0 amide bonds. The molecule has 4 heteroatoms. The predicted molar refractivity (Wildman–Crippen MR) is 78.9 cm³/mol. The average Bonchev–Trinajstić information content (AvgIpc) is 2.98. The molecule has 2 heterocycles. The summed E-state index contributed by atoms with van der Waals surface area (Å²) in [6.07, 6.45) is 0. The van der Waals surface area contributed by atoms with Crippen molar-refractivity contribution in [2.24, 2.45) is 0 Å². The van der Waals surface area contributed by atoms with E-state index in [0.717, 1.165) is 21.8 Å². The molecule has 98 valence electrons. The summed E-state index contributed by atoms with van der Waals surface area (Å²) in [6, 6.07) is 15.0. The molecule has 4 nitrogen and oxygen atoms in total. The molecule has 4 rings (SSSR count). The van der Waals surface area contributed by atoms with Crippen LogP contribution in [0, 0.1) is 0 Å². The van der Waals surface area contributed by atoms with Crippen LogP contribution in [-0.2, 0) is 0 Å². The third kappa shape index (κ3) is 1.36. The molecular weight excluding hydrogens is 252 g/mol. The molecule has 0 atom stereocenters. The molecule has 0 saturated heterocycles. The van der Waals surface area contributed by atoms with Gasteiger partial charge in [0, 0.05) is 21.8 Å². The molecule has 0 aliphatic heterocycles. The maximum Gasteiger partial charge on any atom is 0.150 e. The van der Waals surface area contributed by atoms with Gasteiger partial charge in [0.15, 0.2) is 11.5 Å². The Balaban J connectivity index is 2.06. The molecule has 0 unspecified atom stereocenters. The topological polar surface area (TPSA) is 72.0 Å². The molecule has 2 aromatic carbocycles. The van der Waals surface area contributed by atoms with E-state index < -0.39 is 0 Å². The van der Waals surface area contributed by atoms with Gasteiger partial charge in [0.2, 0.25) is 0 Å². The highest BCUT2D eigenvalue weighted by atomic mass is 16.3. The van der Waals surface area contributed by atoms with Gasteiger partial charge >= 0.3 is 0 Å². The molecule has 0 fully saturated rings. The van der Waals surface area contributed by atoms with Crippen molar-refractivity contribution in [1.29, 1.82) is 0 Å². The van der Waals surface area contributed by atoms with E-state index in [1.54, 1.807) is 0 Å². The zero-order valence-corrected chi connectivity index (χ0v) is 10.5. The van der Waals surface area contributed by atoms with Gasteiger partial charge in [0.25, 0.3) is 0 Å². The number of para-hydroxylation sites is 2. The maximum atomic E-state index is 10.3. The second kappa shape index (κ2) is 3.81. The van der Waals surface area contributed by atoms with E-state index in [-0.39, 0.29) is 11.5 Å². The number of hydrogen-bond donors (Lipinski definition) is 4. The fourth-order valence-electron chi connectivity index (χ4n) is 2.62. The second-order valence-corrected chi connectivity index (χ2v) is 4.79. The van der Waals surface area contributed by atoms with Crippen LogP contribution in [0.25, 0.3) is 33.2 Å². The number of hydrogen-bond acceptors (Lipinski definition) is 2. The number of benzene rings is 2. The van der Waals surface area contributed by atoms with Gasteiger partial charge in [-0.1, -0.05) is 24.3 Å². The van der Waals surface area contributed by atoms with E-state index in [4.69, 9.17) is 0 Å². The monoisotopic (exact) mass is 264 g/mol. The molecule has 0 saturated carbocycles. The molecule has 0 aliphatic carbocycles. The van der Waals surface area contributed by atoms with E-state index in [1.165, 1.54) is 0 Å². The standard InChI is InChI=1S/C16H12N2O2/c19-15-9-5-1-3-7-11(9)17-13(15)14-16(20)10-6-2-4-8-12(10)18-14/h1-8,17-20H. The number of H-pyrrole nitrogens is 2. The van der Waals surface area contributed by atoms with Crippen molar-refractivity contribution in [2.75, 3.05) is 0 Å². The van der Waals surface area contributed by atoms with Gasteiger partial charge in [-0.05, 0) is 24.3 Å². The number of rotatable bonds is 1. The lowest BCUT2D eigenvalue weighted by Gasteiger charge is -1.97. The second-order valence-electron chi connectivity index (χ2n) is 4.79. The normalized spacial score (nSPS) is 11.4. The number of aromatic hydroxyl groups is 2. The Morgan fingerprint density at radius 3 is 1.40 bits per heavy atom. The maximum absolute atomic E-state index is 10.3. The molecule has 2 aromatic heterocycles. The third-order valence-electron chi connectivity index (χ3n) is 3.61. The Kier molecular flexibility index (Phi) is 2.09. The third-order valence-corrected chi connectivity index (χ3v) is 3.61. The van der Waals surface area contributed by atoms with Gasteiger partial charge in [-0.25, -0.2) is 0 Å². The Morgan fingerprint density at radius 2 is 1.00 bits per heavy atom. The van der Waals surface area contributed by atoms with Gasteiger partial charge in [0.1, 0.15) is 11.4 Å². The quantitative estimate of drug-likeness (QED) is 0.423. The van der Waals surface area contributed by atoms with Crippen LogP contribution in [0.5, 0.6) is 11.5 Å². The molecule has 0 spiro atoms. The fraction of sp³-hybridized carbons (Fsp3) is 0. The minimum Gasteiger partial charge on any atom is -0.505 e. The van der Waals surface area contributed by atoms with Crippen LogP contribution in [0.15, 0.2) is 48.5 Å². The average molecular weight is 264 g/mol. The Morgan fingerprint density at radius 1 is 0.600 bits per heavy atom. The number of fused-ring (bicyclic) bond motifs is 2. The summed E-state index contributed by atoms with van der Waals surface area (Å²) in [5.41, 5.74) is 2.66. The Hall–Kier alpha value is -2.88. The van der Waals surface area contributed by atoms with Crippen LogP contribution < -0.4 is 0 Å². The Labute approximate surface area is 114 Å². The molecule has 0 radical (unpaired) electrons. The first-order valence-electron chi connectivity index (χ1n) is 6.35. The minimum atomic E-state index is 0.141. The van der Waals surface area contributed by atoms with E-state index in [0.29, 0.717) is 11.4 Å².